The molecule has 0 spiro atoms. The van der Waals surface area contributed by atoms with E-state index in [1.165, 1.54) is 4.90 Å². The molecule has 0 saturated carbocycles. The van der Waals surface area contributed by atoms with Crippen molar-refractivity contribution in [3.05, 3.63) is 84.9 Å². The van der Waals surface area contributed by atoms with Gasteiger partial charge >= 0.3 is 0 Å². The number of ether oxygens (including phenoxy) is 1. The molecule has 1 N–H and O–H groups in total. The van der Waals surface area contributed by atoms with E-state index in [1.807, 2.05) is 42.5 Å². The summed E-state index contributed by atoms with van der Waals surface area (Å²) < 4.78 is 6.19. The molecule has 0 radical (unpaired) electrons. The summed E-state index contributed by atoms with van der Waals surface area (Å²) in [4.78, 5) is 1.27. The smallest absolute Gasteiger partial charge is 0.154 e. The van der Waals surface area contributed by atoms with E-state index in [1.54, 1.807) is 0 Å². The molecular weight excluding hydrogens is 352 g/mol. The van der Waals surface area contributed by atoms with Crippen LogP contribution in [0, 0.1) is 0 Å². The minimum Gasteiger partial charge on any atom is -0.489 e. The standard InChI is InChI=1S/C24H23O2S/c1-27(21-11-3-2-4-12-21)17-20(25)16-26-24-22-13-7-5-9-18(22)15-19-10-6-8-14-23(19)24/h2-15,20,25H,16-17H2,1H3/q+1. The number of aliphatic hydroxyl groups excluding tert-OH is 1. The van der Waals surface area contributed by atoms with E-state index in [0.717, 1.165) is 27.3 Å². The molecule has 3 heteroatoms. The van der Waals surface area contributed by atoms with Crippen LogP contribution in [0.3, 0.4) is 0 Å². The molecule has 0 bridgehead atoms. The maximum Gasteiger partial charge on any atom is 0.154 e. The Morgan fingerprint density at radius 1 is 0.815 bits per heavy atom. The second-order valence-corrected chi connectivity index (χ2v) is 8.81. The minimum atomic E-state index is -0.503. The van der Waals surface area contributed by atoms with Gasteiger partial charge in [0, 0.05) is 21.7 Å². The molecule has 0 saturated heterocycles. The number of rotatable bonds is 6. The Morgan fingerprint density at radius 2 is 1.37 bits per heavy atom. The molecule has 136 valence electrons. The van der Waals surface area contributed by atoms with Gasteiger partial charge in [-0.3, -0.25) is 0 Å². The first-order valence-corrected chi connectivity index (χ1v) is 10.9. The lowest BCUT2D eigenvalue weighted by Crippen LogP contribution is -2.26. The van der Waals surface area contributed by atoms with E-state index in [0.29, 0.717) is 12.4 Å². The van der Waals surface area contributed by atoms with Crippen LogP contribution in [0.15, 0.2) is 89.8 Å². The molecule has 27 heavy (non-hydrogen) atoms. The van der Waals surface area contributed by atoms with Crippen molar-refractivity contribution < 1.29 is 9.84 Å². The van der Waals surface area contributed by atoms with Gasteiger partial charge in [-0.25, -0.2) is 0 Å². The Bertz CT molecular complexity index is 992. The molecule has 0 fully saturated rings. The maximum absolute atomic E-state index is 10.6. The third-order valence-electron chi connectivity index (χ3n) is 4.73. The lowest BCUT2D eigenvalue weighted by molar-refractivity contribution is 0.128. The van der Waals surface area contributed by atoms with Crippen molar-refractivity contribution in [1.82, 2.24) is 0 Å². The second-order valence-electron chi connectivity index (χ2n) is 6.73. The topological polar surface area (TPSA) is 29.5 Å². The fraction of sp³-hybridized carbons (Fsp3) is 0.167. The fourth-order valence-electron chi connectivity index (χ4n) is 3.39. The summed E-state index contributed by atoms with van der Waals surface area (Å²) in [6.45, 7) is 0.294. The van der Waals surface area contributed by atoms with E-state index in [-0.39, 0.29) is 10.9 Å². The first-order valence-electron chi connectivity index (χ1n) is 9.11. The van der Waals surface area contributed by atoms with Crippen molar-refractivity contribution in [2.75, 3.05) is 18.6 Å². The molecule has 0 amide bonds. The van der Waals surface area contributed by atoms with Gasteiger partial charge in [-0.05, 0) is 29.0 Å². The highest BCUT2D eigenvalue weighted by molar-refractivity contribution is 7.96. The van der Waals surface area contributed by atoms with Crippen LogP contribution in [0.1, 0.15) is 0 Å². The van der Waals surface area contributed by atoms with Gasteiger partial charge in [0.15, 0.2) is 4.90 Å². The van der Waals surface area contributed by atoms with E-state index < -0.39 is 6.10 Å². The van der Waals surface area contributed by atoms with Crippen LogP contribution in [-0.4, -0.2) is 29.8 Å². The molecule has 2 atom stereocenters. The average Bonchev–Trinajstić information content (AvgIpc) is 2.71. The lowest BCUT2D eigenvalue weighted by atomic mass is 10.0. The summed E-state index contributed by atoms with van der Waals surface area (Å²) >= 11 is 0. The average molecular weight is 376 g/mol. The summed E-state index contributed by atoms with van der Waals surface area (Å²) in [6, 6.07) is 29.0. The van der Waals surface area contributed by atoms with Crippen molar-refractivity contribution in [3.8, 4) is 5.75 Å². The maximum atomic E-state index is 10.6. The van der Waals surface area contributed by atoms with Crippen LogP contribution in [0.25, 0.3) is 21.5 Å². The molecule has 4 rings (SSSR count). The first kappa shape index (κ1) is 17.9. The fourth-order valence-corrected chi connectivity index (χ4v) is 4.88. The van der Waals surface area contributed by atoms with Crippen LogP contribution in [0.2, 0.25) is 0 Å². The minimum absolute atomic E-state index is 0.00563. The van der Waals surface area contributed by atoms with Crippen molar-refractivity contribution in [3.63, 3.8) is 0 Å². The van der Waals surface area contributed by atoms with Gasteiger partial charge in [0.2, 0.25) is 0 Å². The number of aliphatic hydroxyl groups is 1. The number of hydrogen-bond donors (Lipinski definition) is 1. The molecule has 0 aromatic heterocycles. The Balaban J connectivity index is 1.56. The summed E-state index contributed by atoms with van der Waals surface area (Å²) in [5, 5.41) is 15.0. The van der Waals surface area contributed by atoms with Gasteiger partial charge in [0.1, 0.15) is 30.5 Å². The highest BCUT2D eigenvalue weighted by Crippen LogP contribution is 2.34. The van der Waals surface area contributed by atoms with Gasteiger partial charge in [-0.2, -0.15) is 0 Å². The third-order valence-corrected chi connectivity index (χ3v) is 6.69. The summed E-state index contributed by atoms with van der Waals surface area (Å²) in [7, 11) is -0.00563. The molecule has 0 aliphatic rings. The molecule has 4 aromatic rings. The number of fused-ring (bicyclic) bond motifs is 2. The summed E-state index contributed by atoms with van der Waals surface area (Å²) in [6.07, 6.45) is 1.67. The molecule has 2 nitrogen and oxygen atoms in total. The van der Waals surface area contributed by atoms with E-state index >= 15 is 0 Å². The van der Waals surface area contributed by atoms with Gasteiger partial charge in [0.05, 0.1) is 0 Å². The lowest BCUT2D eigenvalue weighted by Gasteiger charge is -2.16. The van der Waals surface area contributed by atoms with Crippen LogP contribution in [0.5, 0.6) is 5.75 Å². The zero-order valence-electron chi connectivity index (χ0n) is 15.3. The second kappa shape index (κ2) is 8.03. The van der Waals surface area contributed by atoms with E-state index in [9.17, 15) is 5.11 Å². The Kier molecular flexibility index (Phi) is 5.33. The molecular formula is C24H23O2S+. The van der Waals surface area contributed by atoms with Crippen molar-refractivity contribution in [2.45, 2.75) is 11.0 Å². The molecule has 0 aliphatic heterocycles. The number of hydrogen-bond acceptors (Lipinski definition) is 2. The quantitative estimate of drug-likeness (QED) is 0.378. The Morgan fingerprint density at radius 3 is 2.00 bits per heavy atom. The monoisotopic (exact) mass is 375 g/mol. The van der Waals surface area contributed by atoms with Crippen molar-refractivity contribution in [1.29, 1.82) is 0 Å². The van der Waals surface area contributed by atoms with Crippen molar-refractivity contribution in [2.24, 2.45) is 0 Å². The zero-order chi connectivity index (χ0) is 18.6. The van der Waals surface area contributed by atoms with Gasteiger partial charge in [0.25, 0.3) is 0 Å². The Hall–Kier alpha value is -2.49. The normalized spacial score (nSPS) is 13.6. The van der Waals surface area contributed by atoms with Crippen LogP contribution >= 0.6 is 0 Å². The SMILES string of the molecule is C[S+](CC(O)COc1c2ccccc2cc2ccccc12)c1ccccc1. The molecule has 4 aromatic carbocycles. The number of benzene rings is 4. The van der Waals surface area contributed by atoms with Crippen molar-refractivity contribution >= 4 is 32.4 Å². The zero-order valence-corrected chi connectivity index (χ0v) is 16.2. The van der Waals surface area contributed by atoms with Crippen LogP contribution < -0.4 is 4.74 Å². The molecule has 2 unspecified atom stereocenters. The van der Waals surface area contributed by atoms with Crippen LogP contribution in [-0.2, 0) is 10.9 Å². The highest BCUT2D eigenvalue weighted by Gasteiger charge is 2.21. The van der Waals surface area contributed by atoms with E-state index in [2.05, 4.69) is 48.7 Å². The Labute approximate surface area is 162 Å². The molecule has 0 aliphatic carbocycles. The van der Waals surface area contributed by atoms with Gasteiger partial charge < -0.3 is 9.84 Å². The predicted molar refractivity (Wildman–Crippen MR) is 116 cm³/mol. The first-order chi connectivity index (χ1) is 13.2. The highest BCUT2D eigenvalue weighted by atomic mass is 32.2. The summed E-state index contributed by atoms with van der Waals surface area (Å²) in [5.41, 5.74) is 0. The largest absolute Gasteiger partial charge is 0.489 e. The van der Waals surface area contributed by atoms with E-state index in [4.69, 9.17) is 4.74 Å². The van der Waals surface area contributed by atoms with Crippen LogP contribution in [0.4, 0.5) is 0 Å². The predicted octanol–water partition coefficient (Wildman–Crippen LogP) is 5.04. The third kappa shape index (κ3) is 3.95. The van der Waals surface area contributed by atoms with Gasteiger partial charge in [-0.1, -0.05) is 66.7 Å². The van der Waals surface area contributed by atoms with Gasteiger partial charge in [-0.15, -0.1) is 0 Å². The summed E-state index contributed by atoms with van der Waals surface area (Å²) in [5.74, 6) is 1.56. The molecule has 0 heterocycles.